The number of nitrogens with zero attached hydrogens (tertiary/aromatic N) is 1. The van der Waals surface area contributed by atoms with E-state index in [1.807, 2.05) is 27.7 Å². The quantitative estimate of drug-likeness (QED) is 0.710. The molecule has 5 heteroatoms. The smallest absolute Gasteiger partial charge is 0.307 e. The second kappa shape index (κ2) is 6.89. The largest absolute Gasteiger partial charge is 0.469 e. The molecule has 0 aromatic rings. The molecule has 0 aromatic heterocycles. The Morgan fingerprint density at radius 3 is 2.26 bits per heavy atom. The number of methoxy groups -OCH3 is 1. The van der Waals surface area contributed by atoms with Crippen molar-refractivity contribution in [2.75, 3.05) is 20.2 Å². The van der Waals surface area contributed by atoms with E-state index < -0.39 is 0 Å². The molecule has 0 aliphatic carbocycles. The fourth-order valence-corrected chi connectivity index (χ4v) is 2.66. The molecule has 1 fully saturated rings. The first-order valence-corrected chi connectivity index (χ1v) is 6.93. The van der Waals surface area contributed by atoms with Crippen molar-refractivity contribution in [1.82, 2.24) is 4.90 Å². The van der Waals surface area contributed by atoms with Gasteiger partial charge < -0.3 is 14.4 Å². The highest BCUT2D eigenvalue weighted by atomic mass is 16.5. The molecule has 1 aliphatic rings. The van der Waals surface area contributed by atoms with Crippen LogP contribution in [0.15, 0.2) is 0 Å². The minimum absolute atomic E-state index is 0.0651. The maximum absolute atomic E-state index is 12.5. The van der Waals surface area contributed by atoms with Crippen molar-refractivity contribution in [3.63, 3.8) is 0 Å². The van der Waals surface area contributed by atoms with Crippen LogP contribution in [0.2, 0.25) is 0 Å². The van der Waals surface area contributed by atoms with Crippen LogP contribution in [0, 0.1) is 11.8 Å². The molecule has 4 unspecified atom stereocenters. The summed E-state index contributed by atoms with van der Waals surface area (Å²) < 4.78 is 10.3. The molecule has 110 valence electrons. The molecular formula is C14H25NO4. The third-order valence-corrected chi connectivity index (χ3v) is 4.03. The second-order valence-electron chi connectivity index (χ2n) is 5.18. The maximum atomic E-state index is 12.5. The van der Waals surface area contributed by atoms with Gasteiger partial charge in [-0.15, -0.1) is 0 Å². The van der Waals surface area contributed by atoms with Gasteiger partial charge in [-0.25, -0.2) is 0 Å². The molecule has 1 rings (SSSR count). The topological polar surface area (TPSA) is 55.8 Å². The molecule has 19 heavy (non-hydrogen) atoms. The van der Waals surface area contributed by atoms with E-state index in [0.717, 1.165) is 0 Å². The Morgan fingerprint density at radius 2 is 1.84 bits per heavy atom. The van der Waals surface area contributed by atoms with Gasteiger partial charge in [0.2, 0.25) is 5.91 Å². The zero-order valence-electron chi connectivity index (χ0n) is 12.5. The summed E-state index contributed by atoms with van der Waals surface area (Å²) in [5.74, 6) is -0.124. The van der Waals surface area contributed by atoms with Gasteiger partial charge in [-0.2, -0.15) is 0 Å². The summed E-state index contributed by atoms with van der Waals surface area (Å²) in [6.07, 6.45) is 0.273. The molecule has 1 amide bonds. The number of carbonyl (C=O) groups excluding carboxylic acids is 2. The lowest BCUT2D eigenvalue weighted by Crippen LogP contribution is -2.41. The number of rotatable bonds is 5. The highest BCUT2D eigenvalue weighted by molar-refractivity contribution is 5.80. The first kappa shape index (κ1) is 16.0. The number of ether oxygens (including phenoxy) is 2. The minimum atomic E-state index is -0.289. The van der Waals surface area contributed by atoms with Gasteiger partial charge in [-0.3, -0.25) is 9.59 Å². The van der Waals surface area contributed by atoms with Gasteiger partial charge in [0, 0.05) is 13.1 Å². The number of hydrogen-bond acceptors (Lipinski definition) is 4. The van der Waals surface area contributed by atoms with Gasteiger partial charge in [0.15, 0.2) is 0 Å². The van der Waals surface area contributed by atoms with E-state index in [0.29, 0.717) is 13.1 Å². The Labute approximate surface area is 115 Å². The molecular weight excluding hydrogens is 246 g/mol. The Hall–Kier alpha value is -1.10. The standard InChI is InChI=1S/C14H25NO4/c1-6-15(8-7-12(16)18-5)14(17)13-9(2)10(3)19-11(13)4/h9-11,13H,6-8H2,1-5H3. The molecule has 0 N–H and O–H groups in total. The van der Waals surface area contributed by atoms with Crippen LogP contribution in [0.3, 0.4) is 0 Å². The minimum Gasteiger partial charge on any atom is -0.469 e. The highest BCUT2D eigenvalue weighted by Gasteiger charge is 2.42. The predicted octanol–water partition coefficient (Wildman–Crippen LogP) is 1.46. The lowest BCUT2D eigenvalue weighted by Gasteiger charge is -2.27. The zero-order valence-corrected chi connectivity index (χ0v) is 12.5. The van der Waals surface area contributed by atoms with E-state index in [2.05, 4.69) is 4.74 Å². The summed E-state index contributed by atoms with van der Waals surface area (Å²) in [6.45, 7) is 8.91. The van der Waals surface area contributed by atoms with E-state index in [4.69, 9.17) is 4.74 Å². The van der Waals surface area contributed by atoms with E-state index in [1.54, 1.807) is 4.90 Å². The van der Waals surface area contributed by atoms with E-state index in [1.165, 1.54) is 7.11 Å². The van der Waals surface area contributed by atoms with E-state index >= 15 is 0 Å². The van der Waals surface area contributed by atoms with Crippen molar-refractivity contribution in [3.8, 4) is 0 Å². The fraction of sp³-hybridized carbons (Fsp3) is 0.857. The van der Waals surface area contributed by atoms with Crippen LogP contribution in [0.1, 0.15) is 34.1 Å². The number of carbonyl (C=O) groups is 2. The molecule has 0 bridgehead atoms. The molecule has 4 atom stereocenters. The molecule has 1 aliphatic heterocycles. The molecule has 0 saturated carbocycles. The van der Waals surface area contributed by atoms with Crippen LogP contribution in [-0.2, 0) is 19.1 Å². The first-order valence-electron chi connectivity index (χ1n) is 6.93. The molecule has 0 spiro atoms. The Bertz CT molecular complexity index is 331. The number of hydrogen-bond donors (Lipinski definition) is 0. The molecule has 1 saturated heterocycles. The number of amides is 1. The molecule has 0 aromatic carbocycles. The lowest BCUT2D eigenvalue weighted by atomic mass is 9.88. The second-order valence-corrected chi connectivity index (χ2v) is 5.18. The zero-order chi connectivity index (χ0) is 14.6. The molecule has 0 radical (unpaired) electrons. The Morgan fingerprint density at radius 1 is 1.21 bits per heavy atom. The van der Waals surface area contributed by atoms with Crippen molar-refractivity contribution in [1.29, 1.82) is 0 Å². The Kier molecular flexibility index (Phi) is 5.79. The summed E-state index contributed by atoms with van der Waals surface area (Å²) in [5, 5.41) is 0. The highest BCUT2D eigenvalue weighted by Crippen LogP contribution is 2.33. The molecule has 1 heterocycles. The van der Waals surface area contributed by atoms with Crippen LogP contribution in [-0.4, -0.2) is 49.2 Å². The summed E-state index contributed by atoms with van der Waals surface area (Å²) in [5.41, 5.74) is 0. The SMILES string of the molecule is CCN(CCC(=O)OC)C(=O)C1C(C)OC(C)C1C. The van der Waals surface area contributed by atoms with Crippen LogP contribution in [0.5, 0.6) is 0 Å². The van der Waals surface area contributed by atoms with Gasteiger partial charge in [0.1, 0.15) is 0 Å². The average molecular weight is 271 g/mol. The Balaban J connectivity index is 2.65. The van der Waals surface area contributed by atoms with Gasteiger partial charge in [0.25, 0.3) is 0 Å². The van der Waals surface area contributed by atoms with Crippen molar-refractivity contribution in [3.05, 3.63) is 0 Å². The monoisotopic (exact) mass is 271 g/mol. The predicted molar refractivity (Wildman–Crippen MR) is 71.6 cm³/mol. The molecule has 5 nitrogen and oxygen atoms in total. The van der Waals surface area contributed by atoms with E-state index in [-0.39, 0.29) is 42.3 Å². The average Bonchev–Trinajstić information content (AvgIpc) is 2.63. The third-order valence-electron chi connectivity index (χ3n) is 4.03. The maximum Gasteiger partial charge on any atom is 0.307 e. The third kappa shape index (κ3) is 3.69. The van der Waals surface area contributed by atoms with Crippen molar-refractivity contribution < 1.29 is 19.1 Å². The van der Waals surface area contributed by atoms with Crippen LogP contribution < -0.4 is 0 Å². The number of esters is 1. The van der Waals surface area contributed by atoms with Crippen LogP contribution >= 0.6 is 0 Å². The van der Waals surface area contributed by atoms with Crippen molar-refractivity contribution in [2.45, 2.75) is 46.3 Å². The van der Waals surface area contributed by atoms with Gasteiger partial charge in [0.05, 0.1) is 31.7 Å². The van der Waals surface area contributed by atoms with Crippen LogP contribution in [0.25, 0.3) is 0 Å². The first-order chi connectivity index (χ1) is 8.92. The summed E-state index contributed by atoms with van der Waals surface area (Å²) in [6, 6.07) is 0. The fourth-order valence-electron chi connectivity index (χ4n) is 2.66. The normalized spacial score (nSPS) is 30.2. The lowest BCUT2D eigenvalue weighted by molar-refractivity contribution is -0.143. The van der Waals surface area contributed by atoms with Crippen molar-refractivity contribution in [2.24, 2.45) is 11.8 Å². The van der Waals surface area contributed by atoms with Crippen molar-refractivity contribution >= 4 is 11.9 Å². The van der Waals surface area contributed by atoms with Gasteiger partial charge >= 0.3 is 5.97 Å². The summed E-state index contributed by atoms with van der Waals surface area (Å²) >= 11 is 0. The van der Waals surface area contributed by atoms with Crippen LogP contribution in [0.4, 0.5) is 0 Å². The summed E-state index contributed by atoms with van der Waals surface area (Å²) in [4.78, 5) is 25.4. The van der Waals surface area contributed by atoms with Gasteiger partial charge in [-0.1, -0.05) is 6.92 Å². The summed E-state index contributed by atoms with van der Waals surface area (Å²) in [7, 11) is 1.36. The van der Waals surface area contributed by atoms with E-state index in [9.17, 15) is 9.59 Å². The van der Waals surface area contributed by atoms with Gasteiger partial charge in [-0.05, 0) is 26.7 Å².